The molecule has 0 atom stereocenters. The molecule has 0 fully saturated rings. The average Bonchev–Trinajstić information content (AvgIpc) is 2.93. The summed E-state index contributed by atoms with van der Waals surface area (Å²) in [6.07, 6.45) is 1.66. The van der Waals surface area contributed by atoms with Crippen LogP contribution in [0.1, 0.15) is 33.6 Å². The number of carbonyl (C=O) groups is 1. The van der Waals surface area contributed by atoms with Crippen molar-refractivity contribution in [2.45, 2.75) is 34.6 Å². The number of rotatable bonds is 4. The second-order valence-corrected chi connectivity index (χ2v) is 7.50. The molecule has 0 unspecified atom stereocenters. The Kier molecular flexibility index (Phi) is 5.70. The van der Waals surface area contributed by atoms with Crippen LogP contribution in [0.4, 0.5) is 5.69 Å². The zero-order chi connectivity index (χ0) is 21.1. The maximum atomic E-state index is 12.7. The maximum absolute atomic E-state index is 12.7. The minimum Gasteiger partial charge on any atom is -0.321 e. The van der Waals surface area contributed by atoms with Crippen molar-refractivity contribution < 1.29 is 4.79 Å². The van der Waals surface area contributed by atoms with Crippen LogP contribution in [-0.4, -0.2) is 10.5 Å². The fourth-order valence-corrected chi connectivity index (χ4v) is 3.57. The van der Waals surface area contributed by atoms with E-state index >= 15 is 0 Å². The topological polar surface area (TPSA) is 57.8 Å². The molecule has 3 rings (SSSR count). The molecule has 1 heterocycles. The molecule has 1 aromatic heterocycles. The summed E-state index contributed by atoms with van der Waals surface area (Å²) in [5.74, 6) is -0.405. The first kappa shape index (κ1) is 20.2. The molecule has 146 valence electrons. The predicted molar refractivity (Wildman–Crippen MR) is 118 cm³/mol. The molecule has 0 saturated carbocycles. The quantitative estimate of drug-likeness (QED) is 0.473. The van der Waals surface area contributed by atoms with E-state index in [2.05, 4.69) is 41.1 Å². The Hall–Kier alpha value is -3.58. The van der Waals surface area contributed by atoms with Crippen molar-refractivity contribution in [2.75, 3.05) is 5.32 Å². The number of aromatic nitrogens is 1. The summed E-state index contributed by atoms with van der Waals surface area (Å²) in [5.41, 5.74) is 8.04. The number of amides is 1. The van der Waals surface area contributed by atoms with Crippen molar-refractivity contribution >= 4 is 17.7 Å². The van der Waals surface area contributed by atoms with Crippen molar-refractivity contribution in [3.05, 3.63) is 87.7 Å². The lowest BCUT2D eigenvalue weighted by molar-refractivity contribution is -0.112. The van der Waals surface area contributed by atoms with Gasteiger partial charge in [-0.3, -0.25) is 4.79 Å². The highest BCUT2D eigenvalue weighted by Gasteiger charge is 2.14. The normalized spacial score (nSPS) is 11.2. The number of hydrogen-bond donors (Lipinski definition) is 1. The lowest BCUT2D eigenvalue weighted by atomic mass is 10.1. The van der Waals surface area contributed by atoms with Crippen LogP contribution in [0.3, 0.4) is 0 Å². The van der Waals surface area contributed by atoms with Crippen LogP contribution in [0.2, 0.25) is 0 Å². The number of nitrogens with one attached hydrogen (secondary N) is 1. The minimum absolute atomic E-state index is 0.0771. The van der Waals surface area contributed by atoms with E-state index < -0.39 is 5.91 Å². The van der Waals surface area contributed by atoms with Crippen molar-refractivity contribution in [3.63, 3.8) is 0 Å². The van der Waals surface area contributed by atoms with E-state index in [-0.39, 0.29) is 5.57 Å². The van der Waals surface area contributed by atoms with Gasteiger partial charge < -0.3 is 9.88 Å². The van der Waals surface area contributed by atoms with Crippen LogP contribution >= 0.6 is 0 Å². The number of carbonyl (C=O) groups excluding carboxylic acids is 1. The molecular weight excluding hydrogens is 358 g/mol. The largest absolute Gasteiger partial charge is 0.321 e. The van der Waals surface area contributed by atoms with Gasteiger partial charge in [0.1, 0.15) is 11.6 Å². The van der Waals surface area contributed by atoms with Gasteiger partial charge in [0, 0.05) is 22.8 Å². The molecule has 0 aliphatic heterocycles. The molecule has 0 aliphatic rings. The smallest absolute Gasteiger partial charge is 0.266 e. The molecular formula is C25H25N3O. The third-order valence-electron chi connectivity index (χ3n) is 4.91. The zero-order valence-electron chi connectivity index (χ0n) is 17.5. The second-order valence-electron chi connectivity index (χ2n) is 7.50. The van der Waals surface area contributed by atoms with Gasteiger partial charge in [0.25, 0.3) is 5.91 Å². The molecule has 29 heavy (non-hydrogen) atoms. The van der Waals surface area contributed by atoms with Gasteiger partial charge >= 0.3 is 0 Å². The van der Waals surface area contributed by atoms with Crippen LogP contribution in [0, 0.1) is 45.9 Å². The van der Waals surface area contributed by atoms with Gasteiger partial charge in [-0.15, -0.1) is 0 Å². The summed E-state index contributed by atoms with van der Waals surface area (Å²) >= 11 is 0. The van der Waals surface area contributed by atoms with Crippen LogP contribution < -0.4 is 5.32 Å². The van der Waals surface area contributed by atoms with Gasteiger partial charge in [-0.05, 0) is 87.7 Å². The third-order valence-corrected chi connectivity index (χ3v) is 4.91. The number of hydrogen-bond acceptors (Lipinski definition) is 2. The average molecular weight is 383 g/mol. The van der Waals surface area contributed by atoms with Gasteiger partial charge in [0.15, 0.2) is 0 Å². The summed E-state index contributed by atoms with van der Waals surface area (Å²) in [7, 11) is 0. The van der Waals surface area contributed by atoms with Crippen LogP contribution in [0.5, 0.6) is 0 Å². The Bertz CT molecular complexity index is 1120. The van der Waals surface area contributed by atoms with E-state index in [1.165, 1.54) is 5.56 Å². The lowest BCUT2D eigenvalue weighted by Crippen LogP contribution is -2.13. The lowest BCUT2D eigenvalue weighted by Gasteiger charge is -2.10. The molecule has 2 aromatic carbocycles. The molecule has 1 amide bonds. The highest BCUT2D eigenvalue weighted by atomic mass is 16.1. The minimum atomic E-state index is -0.405. The number of anilines is 1. The molecule has 4 heteroatoms. The molecule has 3 aromatic rings. The van der Waals surface area contributed by atoms with Crippen molar-refractivity contribution in [3.8, 4) is 11.8 Å². The van der Waals surface area contributed by atoms with Crippen molar-refractivity contribution in [1.29, 1.82) is 5.26 Å². The Balaban J connectivity index is 1.93. The Morgan fingerprint density at radius 1 is 0.931 bits per heavy atom. The van der Waals surface area contributed by atoms with E-state index in [0.29, 0.717) is 5.69 Å². The van der Waals surface area contributed by atoms with Gasteiger partial charge in [-0.2, -0.15) is 5.26 Å². The van der Waals surface area contributed by atoms with Crippen LogP contribution in [0.25, 0.3) is 11.8 Å². The molecule has 0 radical (unpaired) electrons. The maximum Gasteiger partial charge on any atom is 0.266 e. The fraction of sp³-hybridized carbons (Fsp3) is 0.200. The van der Waals surface area contributed by atoms with E-state index in [1.807, 2.05) is 58.0 Å². The van der Waals surface area contributed by atoms with Crippen LogP contribution in [0.15, 0.2) is 54.1 Å². The summed E-state index contributed by atoms with van der Waals surface area (Å²) in [6, 6.07) is 18.1. The second kappa shape index (κ2) is 8.20. The van der Waals surface area contributed by atoms with Gasteiger partial charge in [-0.1, -0.05) is 23.8 Å². The summed E-state index contributed by atoms with van der Waals surface area (Å²) < 4.78 is 2.13. The van der Waals surface area contributed by atoms with Gasteiger partial charge in [-0.25, -0.2) is 0 Å². The Labute approximate surface area is 172 Å². The standard InChI is InChI=1S/C25H25N3O/c1-16-6-8-24(9-7-16)28-19(4)13-21(20(28)5)14-22(15-26)25(29)27-23-11-17(2)10-18(3)12-23/h6-14H,1-5H3,(H,27,29)/b22-14+. The Morgan fingerprint density at radius 2 is 1.55 bits per heavy atom. The molecule has 1 N–H and O–H groups in total. The summed E-state index contributed by atoms with van der Waals surface area (Å²) in [5, 5.41) is 12.4. The molecule has 0 spiro atoms. The fourth-order valence-electron chi connectivity index (χ4n) is 3.57. The molecule has 0 aliphatic carbocycles. The number of nitrogens with zero attached hydrogens (tertiary/aromatic N) is 2. The SMILES string of the molecule is Cc1ccc(-n2c(C)cc(/C=C(\C#N)C(=O)Nc3cc(C)cc(C)c3)c2C)cc1. The zero-order valence-corrected chi connectivity index (χ0v) is 17.5. The summed E-state index contributed by atoms with van der Waals surface area (Å²) in [6.45, 7) is 10.0. The highest BCUT2D eigenvalue weighted by molar-refractivity contribution is 6.09. The highest BCUT2D eigenvalue weighted by Crippen LogP contribution is 2.23. The van der Waals surface area contributed by atoms with Gasteiger partial charge in [0.05, 0.1) is 0 Å². The van der Waals surface area contributed by atoms with E-state index in [1.54, 1.807) is 6.08 Å². The third kappa shape index (κ3) is 4.47. The first-order valence-electron chi connectivity index (χ1n) is 9.56. The first-order chi connectivity index (χ1) is 13.8. The molecule has 0 bridgehead atoms. The predicted octanol–water partition coefficient (Wildman–Crippen LogP) is 5.57. The van der Waals surface area contributed by atoms with Gasteiger partial charge in [0.2, 0.25) is 0 Å². The molecule has 0 saturated heterocycles. The van der Waals surface area contributed by atoms with E-state index in [4.69, 9.17) is 0 Å². The van der Waals surface area contributed by atoms with Crippen molar-refractivity contribution in [2.24, 2.45) is 0 Å². The first-order valence-corrected chi connectivity index (χ1v) is 9.56. The number of benzene rings is 2. The van der Waals surface area contributed by atoms with E-state index in [0.717, 1.165) is 33.8 Å². The van der Waals surface area contributed by atoms with Crippen molar-refractivity contribution in [1.82, 2.24) is 4.57 Å². The number of nitriles is 1. The van der Waals surface area contributed by atoms with E-state index in [9.17, 15) is 10.1 Å². The summed E-state index contributed by atoms with van der Waals surface area (Å²) in [4.78, 5) is 12.7. The molecule has 4 nitrogen and oxygen atoms in total. The monoisotopic (exact) mass is 383 g/mol. The number of aryl methyl sites for hydroxylation is 4. The van der Waals surface area contributed by atoms with Crippen LogP contribution in [-0.2, 0) is 4.79 Å². The Morgan fingerprint density at radius 3 is 2.14 bits per heavy atom.